The Kier molecular flexibility index (Phi) is 4.95. The van der Waals surface area contributed by atoms with Gasteiger partial charge in [-0.25, -0.2) is 14.8 Å². The van der Waals surface area contributed by atoms with Gasteiger partial charge in [-0.05, 0) is 30.2 Å². The molecule has 3 N–H and O–H groups in total. The van der Waals surface area contributed by atoms with Crippen LogP contribution in [0.1, 0.15) is 13.8 Å². The molecule has 7 heteroatoms. The Morgan fingerprint density at radius 2 is 2.00 bits per heavy atom. The average molecular weight is 339 g/mol. The van der Waals surface area contributed by atoms with E-state index in [9.17, 15) is 9.90 Å². The van der Waals surface area contributed by atoms with Gasteiger partial charge in [-0.2, -0.15) is 0 Å². The molecule has 3 aromatic rings. The van der Waals surface area contributed by atoms with E-state index in [1.807, 2.05) is 48.7 Å². The van der Waals surface area contributed by atoms with E-state index in [1.54, 1.807) is 18.6 Å². The summed E-state index contributed by atoms with van der Waals surface area (Å²) in [4.78, 5) is 20.7. The Labute approximate surface area is 145 Å². The minimum atomic E-state index is -0.365. The van der Waals surface area contributed by atoms with Crippen LogP contribution >= 0.6 is 0 Å². The third-order valence-corrected chi connectivity index (χ3v) is 4.02. The summed E-state index contributed by atoms with van der Waals surface area (Å²) in [6.45, 7) is 3.77. The normalized spacial score (nSPS) is 12.3. The second kappa shape index (κ2) is 7.31. The van der Waals surface area contributed by atoms with Crippen LogP contribution in [0.5, 0.6) is 0 Å². The van der Waals surface area contributed by atoms with Gasteiger partial charge in [0.15, 0.2) is 0 Å². The van der Waals surface area contributed by atoms with Gasteiger partial charge in [-0.15, -0.1) is 0 Å². The number of carbonyl (C=O) groups is 1. The van der Waals surface area contributed by atoms with Crippen LogP contribution in [0.3, 0.4) is 0 Å². The lowest BCUT2D eigenvalue weighted by Crippen LogP contribution is -2.43. The minimum absolute atomic E-state index is 0.101. The van der Waals surface area contributed by atoms with Crippen LogP contribution in [-0.4, -0.2) is 38.3 Å². The molecule has 2 aromatic heterocycles. The maximum absolute atomic E-state index is 12.0. The monoisotopic (exact) mass is 339 g/mol. The summed E-state index contributed by atoms with van der Waals surface area (Å²) in [5.41, 5.74) is 2.44. The first kappa shape index (κ1) is 16.9. The van der Waals surface area contributed by atoms with Crippen molar-refractivity contribution in [2.75, 3.05) is 11.9 Å². The second-order valence-electron chi connectivity index (χ2n) is 6.14. The van der Waals surface area contributed by atoms with Crippen molar-refractivity contribution in [1.82, 2.24) is 19.9 Å². The molecule has 0 aliphatic carbocycles. The van der Waals surface area contributed by atoms with Crippen molar-refractivity contribution < 1.29 is 9.90 Å². The highest BCUT2D eigenvalue weighted by atomic mass is 16.3. The summed E-state index contributed by atoms with van der Waals surface area (Å²) in [5.74, 6) is 0.862. The van der Waals surface area contributed by atoms with Gasteiger partial charge in [0, 0.05) is 0 Å². The molecule has 0 bridgehead atoms. The number of fused-ring (bicyclic) bond motifs is 1. The molecule has 7 nitrogen and oxygen atoms in total. The number of hydrogen-bond donors (Lipinski definition) is 3. The molecule has 3 rings (SSSR count). The lowest BCUT2D eigenvalue weighted by molar-refractivity contribution is 0.204. The van der Waals surface area contributed by atoms with Crippen molar-refractivity contribution in [3.8, 4) is 5.82 Å². The number of anilines is 1. The van der Waals surface area contributed by atoms with E-state index in [2.05, 4.69) is 20.6 Å². The fourth-order valence-electron chi connectivity index (χ4n) is 2.50. The number of hydrogen-bond acceptors (Lipinski definition) is 4. The quantitative estimate of drug-likeness (QED) is 0.666. The Morgan fingerprint density at radius 3 is 2.68 bits per heavy atom. The Morgan fingerprint density at radius 1 is 1.20 bits per heavy atom. The number of nitrogens with zero attached hydrogens (tertiary/aromatic N) is 3. The van der Waals surface area contributed by atoms with E-state index in [0.717, 1.165) is 16.9 Å². The van der Waals surface area contributed by atoms with Gasteiger partial charge in [0.25, 0.3) is 0 Å². The zero-order valence-electron chi connectivity index (χ0n) is 14.2. The van der Waals surface area contributed by atoms with Crippen molar-refractivity contribution in [2.24, 2.45) is 5.92 Å². The largest absolute Gasteiger partial charge is 0.394 e. The highest BCUT2D eigenvalue weighted by Gasteiger charge is 2.15. The Bertz CT molecular complexity index is 857. The minimum Gasteiger partial charge on any atom is -0.394 e. The predicted octanol–water partition coefficient (Wildman–Crippen LogP) is 2.56. The number of aromatic nitrogens is 3. The zero-order chi connectivity index (χ0) is 17.8. The number of amides is 2. The van der Waals surface area contributed by atoms with Gasteiger partial charge in [-0.1, -0.05) is 26.0 Å². The molecule has 0 saturated carbocycles. The van der Waals surface area contributed by atoms with Gasteiger partial charge >= 0.3 is 6.03 Å². The van der Waals surface area contributed by atoms with Crippen LogP contribution in [0.4, 0.5) is 10.5 Å². The number of carbonyl (C=O) groups excluding carboxylic acids is 1. The molecule has 2 heterocycles. The van der Waals surface area contributed by atoms with Gasteiger partial charge in [0.2, 0.25) is 0 Å². The molecule has 1 aromatic carbocycles. The van der Waals surface area contributed by atoms with E-state index in [0.29, 0.717) is 5.69 Å². The molecule has 1 atom stereocenters. The van der Waals surface area contributed by atoms with Crippen LogP contribution in [0, 0.1) is 5.92 Å². The number of urea groups is 1. The van der Waals surface area contributed by atoms with Crippen LogP contribution in [-0.2, 0) is 0 Å². The number of aliphatic hydroxyl groups excluding tert-OH is 1. The highest BCUT2D eigenvalue weighted by Crippen LogP contribution is 2.17. The fraction of sp³-hybridized carbons (Fsp3) is 0.278. The standard InChI is InChI=1S/C18H21N5O2/c1-12(2)15(10-24)22-18(25)21-13-7-8-17(19-9-13)23-11-20-14-5-3-4-6-16(14)23/h3-9,11-12,15,24H,10H2,1-2H3,(H2,21,22,25)/t15-/m1/s1. The first-order valence-electron chi connectivity index (χ1n) is 8.15. The topological polar surface area (TPSA) is 92.1 Å². The third-order valence-electron chi connectivity index (χ3n) is 4.02. The number of para-hydroxylation sites is 2. The summed E-state index contributed by atoms with van der Waals surface area (Å²) in [6.07, 6.45) is 3.31. The Balaban J connectivity index is 1.71. The molecule has 0 spiro atoms. The van der Waals surface area contributed by atoms with Gasteiger partial charge in [0.05, 0.1) is 35.6 Å². The summed E-state index contributed by atoms with van der Waals surface area (Å²) in [7, 11) is 0. The van der Waals surface area contributed by atoms with E-state index >= 15 is 0 Å². The van der Waals surface area contributed by atoms with Crippen molar-refractivity contribution in [1.29, 1.82) is 0 Å². The number of imidazole rings is 1. The van der Waals surface area contributed by atoms with Crippen molar-refractivity contribution in [3.63, 3.8) is 0 Å². The number of rotatable bonds is 5. The summed E-state index contributed by atoms with van der Waals surface area (Å²) in [6, 6.07) is 10.8. The first-order chi connectivity index (χ1) is 12.1. The van der Waals surface area contributed by atoms with Crippen molar-refractivity contribution in [3.05, 3.63) is 48.9 Å². The van der Waals surface area contributed by atoms with Crippen LogP contribution in [0.15, 0.2) is 48.9 Å². The summed E-state index contributed by atoms with van der Waals surface area (Å²) >= 11 is 0. The predicted molar refractivity (Wildman–Crippen MR) is 96.7 cm³/mol. The fourth-order valence-corrected chi connectivity index (χ4v) is 2.50. The maximum Gasteiger partial charge on any atom is 0.319 e. The second-order valence-corrected chi connectivity index (χ2v) is 6.14. The molecular formula is C18H21N5O2. The number of pyridine rings is 1. The highest BCUT2D eigenvalue weighted by molar-refractivity contribution is 5.89. The molecule has 0 aliphatic rings. The number of benzene rings is 1. The molecule has 0 radical (unpaired) electrons. The Hall–Kier alpha value is -2.93. The van der Waals surface area contributed by atoms with Crippen molar-refractivity contribution >= 4 is 22.8 Å². The van der Waals surface area contributed by atoms with Gasteiger partial charge in [-0.3, -0.25) is 4.57 Å². The van der Waals surface area contributed by atoms with Crippen LogP contribution in [0.25, 0.3) is 16.9 Å². The SMILES string of the molecule is CC(C)[C@@H](CO)NC(=O)Nc1ccc(-n2cnc3ccccc32)nc1. The summed E-state index contributed by atoms with van der Waals surface area (Å²) in [5, 5.41) is 14.7. The van der Waals surface area contributed by atoms with E-state index in [-0.39, 0.29) is 24.6 Å². The summed E-state index contributed by atoms with van der Waals surface area (Å²) < 4.78 is 1.89. The number of aliphatic hydroxyl groups is 1. The molecule has 25 heavy (non-hydrogen) atoms. The average Bonchev–Trinajstić information content (AvgIpc) is 3.04. The zero-order valence-corrected chi connectivity index (χ0v) is 14.2. The van der Waals surface area contributed by atoms with Crippen LogP contribution in [0.2, 0.25) is 0 Å². The molecular weight excluding hydrogens is 318 g/mol. The number of nitrogens with one attached hydrogen (secondary N) is 2. The van der Waals surface area contributed by atoms with Crippen molar-refractivity contribution in [2.45, 2.75) is 19.9 Å². The molecule has 0 fully saturated rings. The third kappa shape index (κ3) is 3.77. The lowest BCUT2D eigenvalue weighted by atomic mass is 10.1. The molecule has 130 valence electrons. The lowest BCUT2D eigenvalue weighted by Gasteiger charge is -2.20. The van der Waals surface area contributed by atoms with E-state index in [4.69, 9.17) is 0 Å². The first-order valence-corrected chi connectivity index (χ1v) is 8.15. The van der Waals surface area contributed by atoms with Crippen LogP contribution < -0.4 is 10.6 Å². The smallest absolute Gasteiger partial charge is 0.319 e. The molecule has 0 aliphatic heterocycles. The van der Waals surface area contributed by atoms with Gasteiger partial charge in [0.1, 0.15) is 12.1 Å². The van der Waals surface area contributed by atoms with Gasteiger partial charge < -0.3 is 15.7 Å². The maximum atomic E-state index is 12.0. The molecule has 0 unspecified atom stereocenters. The molecule has 2 amide bonds. The van der Waals surface area contributed by atoms with E-state index < -0.39 is 0 Å². The molecule has 0 saturated heterocycles. The van der Waals surface area contributed by atoms with E-state index in [1.165, 1.54) is 0 Å².